The summed E-state index contributed by atoms with van der Waals surface area (Å²) in [4.78, 5) is 53.7. The Labute approximate surface area is 310 Å². The maximum Gasteiger partial charge on any atom is 0.338 e. The lowest BCUT2D eigenvalue weighted by atomic mass is 9.79. The number of ether oxygens (including phenoxy) is 6. The first-order valence-electron chi connectivity index (χ1n) is 17.1. The number of rotatable bonds is 13. The first kappa shape index (κ1) is 37.7. The minimum atomic E-state index is -1.97. The lowest BCUT2D eigenvalue weighted by Crippen LogP contribution is -2.53. The number of aliphatic hydroxyl groups excluding tert-OH is 1. The van der Waals surface area contributed by atoms with E-state index in [1.54, 1.807) is 68.8 Å². The van der Waals surface area contributed by atoms with E-state index in [-0.39, 0.29) is 11.1 Å². The van der Waals surface area contributed by atoms with E-state index >= 15 is 0 Å². The first-order chi connectivity index (χ1) is 26.0. The van der Waals surface area contributed by atoms with Crippen molar-refractivity contribution in [1.29, 1.82) is 0 Å². The number of aryl methyl sites for hydroxylation is 1. The van der Waals surface area contributed by atoms with E-state index in [2.05, 4.69) is 4.98 Å². The van der Waals surface area contributed by atoms with Gasteiger partial charge in [-0.25, -0.2) is 9.59 Å². The number of nitrogens with one attached hydrogen (secondary N) is 1. The van der Waals surface area contributed by atoms with Gasteiger partial charge in [0.15, 0.2) is 17.9 Å². The molecule has 0 aliphatic carbocycles. The molecular formula is C41H40N2O11. The highest BCUT2D eigenvalue weighted by Gasteiger charge is 2.59. The zero-order chi connectivity index (χ0) is 38.5. The van der Waals surface area contributed by atoms with E-state index in [0.717, 1.165) is 11.5 Å². The lowest BCUT2D eigenvalue weighted by molar-refractivity contribution is -0.178. The molecule has 4 aromatic carbocycles. The van der Waals surface area contributed by atoms with Crippen molar-refractivity contribution in [3.8, 4) is 11.5 Å². The van der Waals surface area contributed by atoms with Gasteiger partial charge < -0.3 is 33.5 Å². The van der Waals surface area contributed by atoms with Crippen LogP contribution < -0.4 is 20.7 Å². The molecule has 0 saturated carbocycles. The maximum absolute atomic E-state index is 13.4. The number of esters is 2. The van der Waals surface area contributed by atoms with Crippen LogP contribution in [-0.4, -0.2) is 71.8 Å². The number of hydrogen-bond acceptors (Lipinski definition) is 11. The molecule has 2 heterocycles. The number of carbonyl (C=O) groups is 2. The number of carbonyl (C=O) groups excluding carboxylic acids is 2. The van der Waals surface area contributed by atoms with E-state index < -0.39 is 66.0 Å². The van der Waals surface area contributed by atoms with Crippen molar-refractivity contribution in [2.45, 2.75) is 43.5 Å². The molecule has 13 heteroatoms. The average molecular weight is 737 g/mol. The van der Waals surface area contributed by atoms with Gasteiger partial charge in [0.25, 0.3) is 5.56 Å². The van der Waals surface area contributed by atoms with Gasteiger partial charge in [-0.3, -0.25) is 19.1 Å². The monoisotopic (exact) mass is 736 g/mol. The van der Waals surface area contributed by atoms with Crippen molar-refractivity contribution < 1.29 is 43.1 Å². The second-order valence-corrected chi connectivity index (χ2v) is 12.8. The van der Waals surface area contributed by atoms with Crippen molar-refractivity contribution in [3.05, 3.63) is 164 Å². The summed E-state index contributed by atoms with van der Waals surface area (Å²) in [5, 5.41) is 12.2. The highest BCUT2D eigenvalue weighted by Crippen LogP contribution is 2.45. The Morgan fingerprint density at radius 2 is 1.35 bits per heavy atom. The summed E-state index contributed by atoms with van der Waals surface area (Å²) in [6, 6.07) is 32.1. The zero-order valence-corrected chi connectivity index (χ0v) is 30.1. The van der Waals surface area contributed by atoms with Crippen molar-refractivity contribution in [1.82, 2.24) is 9.55 Å². The van der Waals surface area contributed by atoms with Crippen LogP contribution >= 0.6 is 0 Å². The normalized spacial score (nSPS) is 19.5. The van der Waals surface area contributed by atoms with Gasteiger partial charge in [0.1, 0.15) is 29.8 Å². The lowest BCUT2D eigenvalue weighted by Gasteiger charge is -2.40. The van der Waals surface area contributed by atoms with Crippen LogP contribution in [0.4, 0.5) is 0 Å². The predicted molar refractivity (Wildman–Crippen MR) is 195 cm³/mol. The molecule has 0 amide bonds. The highest BCUT2D eigenvalue weighted by molar-refractivity contribution is 5.89. The smallest absolute Gasteiger partial charge is 0.338 e. The van der Waals surface area contributed by atoms with Crippen LogP contribution in [0.25, 0.3) is 0 Å². The molecule has 1 aliphatic rings. The van der Waals surface area contributed by atoms with Gasteiger partial charge in [-0.05, 0) is 60.0 Å². The molecule has 13 nitrogen and oxygen atoms in total. The molecule has 0 bridgehead atoms. The summed E-state index contributed by atoms with van der Waals surface area (Å²) in [6.45, 7) is 1.53. The Morgan fingerprint density at radius 1 is 0.815 bits per heavy atom. The largest absolute Gasteiger partial charge is 0.497 e. The third-order valence-corrected chi connectivity index (χ3v) is 9.37. The molecule has 1 aromatic heterocycles. The number of nitrogens with zero attached hydrogens (tertiary/aromatic N) is 1. The van der Waals surface area contributed by atoms with Crippen LogP contribution in [0.3, 0.4) is 0 Å². The SMILES string of the molecule is COc1ccc(C(OC[C@@]2(COC(=O)c3ccccc3)O[C@@H](n3cc(C)c(=O)[nH]c3=O)[C@H](OC(C)=O)[C@H]2O)(c2ccccc2)c2ccc(OC)cc2)cc1. The van der Waals surface area contributed by atoms with Crippen molar-refractivity contribution in [2.24, 2.45) is 0 Å². The molecule has 0 unspecified atom stereocenters. The predicted octanol–water partition coefficient (Wildman–Crippen LogP) is 4.29. The molecule has 6 rings (SSSR count). The molecule has 1 saturated heterocycles. The van der Waals surface area contributed by atoms with E-state index in [4.69, 9.17) is 28.4 Å². The quantitative estimate of drug-likeness (QED) is 0.131. The molecule has 4 atom stereocenters. The fraction of sp³-hybridized carbons (Fsp3) is 0.268. The van der Waals surface area contributed by atoms with E-state index in [1.807, 2.05) is 54.6 Å². The molecule has 0 radical (unpaired) electrons. The summed E-state index contributed by atoms with van der Waals surface area (Å²) >= 11 is 0. The third-order valence-electron chi connectivity index (χ3n) is 9.37. The molecule has 1 fully saturated rings. The van der Waals surface area contributed by atoms with Crippen LogP contribution in [0.1, 0.15) is 45.8 Å². The third kappa shape index (κ3) is 7.42. The summed E-state index contributed by atoms with van der Waals surface area (Å²) in [5.74, 6) is -0.309. The minimum absolute atomic E-state index is 0.153. The molecule has 2 N–H and O–H groups in total. The molecule has 1 aliphatic heterocycles. The molecular weight excluding hydrogens is 696 g/mol. The zero-order valence-electron chi connectivity index (χ0n) is 30.1. The van der Waals surface area contributed by atoms with E-state index in [0.29, 0.717) is 28.2 Å². The van der Waals surface area contributed by atoms with Gasteiger partial charge in [-0.2, -0.15) is 0 Å². The first-order valence-corrected chi connectivity index (χ1v) is 17.1. The number of hydrogen-bond donors (Lipinski definition) is 2. The van der Waals surface area contributed by atoms with Gasteiger partial charge >= 0.3 is 17.6 Å². The van der Waals surface area contributed by atoms with Crippen molar-refractivity contribution in [3.63, 3.8) is 0 Å². The fourth-order valence-electron chi connectivity index (χ4n) is 6.57. The number of aliphatic hydroxyl groups is 1. The van der Waals surface area contributed by atoms with Gasteiger partial charge in [0.05, 0.1) is 26.4 Å². The maximum atomic E-state index is 13.4. The summed E-state index contributed by atoms with van der Waals surface area (Å²) < 4.78 is 37.0. The Morgan fingerprint density at radius 3 is 1.89 bits per heavy atom. The number of aromatic amines is 1. The van der Waals surface area contributed by atoms with Crippen LogP contribution in [0.5, 0.6) is 11.5 Å². The average Bonchev–Trinajstić information content (AvgIpc) is 3.46. The summed E-state index contributed by atoms with van der Waals surface area (Å²) in [5.41, 5.74) is -2.52. The number of methoxy groups -OCH3 is 2. The van der Waals surface area contributed by atoms with Crippen LogP contribution in [-0.2, 0) is 29.3 Å². The van der Waals surface area contributed by atoms with E-state index in [9.17, 15) is 24.3 Å². The van der Waals surface area contributed by atoms with Gasteiger partial charge in [0, 0.05) is 18.7 Å². The summed E-state index contributed by atoms with van der Waals surface area (Å²) in [6.07, 6.45) is -3.50. The Bertz CT molecular complexity index is 2140. The van der Waals surface area contributed by atoms with Gasteiger partial charge in [-0.15, -0.1) is 0 Å². The van der Waals surface area contributed by atoms with Crippen LogP contribution in [0.2, 0.25) is 0 Å². The molecule has 0 spiro atoms. The second-order valence-electron chi connectivity index (χ2n) is 12.8. The Hall–Kier alpha value is -6.02. The number of aromatic nitrogens is 2. The Kier molecular flexibility index (Phi) is 11.1. The minimum Gasteiger partial charge on any atom is -0.497 e. The molecule has 280 valence electrons. The highest BCUT2D eigenvalue weighted by atomic mass is 16.6. The fourth-order valence-corrected chi connectivity index (χ4v) is 6.57. The van der Waals surface area contributed by atoms with Crippen LogP contribution in [0.15, 0.2) is 125 Å². The van der Waals surface area contributed by atoms with Gasteiger partial charge in [0.2, 0.25) is 0 Å². The van der Waals surface area contributed by atoms with Crippen molar-refractivity contribution in [2.75, 3.05) is 27.4 Å². The topological polar surface area (TPSA) is 165 Å². The molecule has 5 aromatic rings. The number of H-pyrrole nitrogens is 1. The standard InChI is InChI=1S/C41H40N2O11/c1-26-23-43(39(48)42-36(26)46)37-34(53-27(2)44)35(45)40(54-37,24-51-38(47)28-11-7-5-8-12-28)25-52-41(29-13-9-6-10-14-29,30-15-19-32(49-3)20-16-30)31-17-21-33(50-4)22-18-31/h5-23,34-35,37,45H,24-25H2,1-4H3,(H,42,46,48)/t34-,35-,37-,40-/m1/s1. The van der Waals surface area contributed by atoms with Gasteiger partial charge in [-0.1, -0.05) is 72.8 Å². The Balaban J connectivity index is 1.52. The second kappa shape index (κ2) is 15.9. The summed E-state index contributed by atoms with van der Waals surface area (Å²) in [7, 11) is 3.12. The number of benzene rings is 4. The van der Waals surface area contributed by atoms with Crippen LogP contribution in [0, 0.1) is 6.92 Å². The molecule has 54 heavy (non-hydrogen) atoms. The van der Waals surface area contributed by atoms with E-state index in [1.165, 1.54) is 13.1 Å². The van der Waals surface area contributed by atoms with Crippen molar-refractivity contribution >= 4 is 11.9 Å².